The van der Waals surface area contributed by atoms with Crippen molar-refractivity contribution >= 4 is 17.9 Å². The molecule has 110 valence electrons. The Morgan fingerprint density at radius 3 is 2.41 bits per heavy atom. The third kappa shape index (κ3) is 2.89. The molecule has 3 aromatic rings. The number of halogens is 2. The Balaban J connectivity index is 2.01. The molecule has 0 saturated heterocycles. The maximum Gasteiger partial charge on any atom is 0.172 e. The number of nitrogens with zero attached hydrogens (tertiary/aromatic N) is 3. The number of hydrogen-bond donors (Lipinski definition) is 0. The van der Waals surface area contributed by atoms with E-state index in [1.54, 1.807) is 41.1 Å². The summed E-state index contributed by atoms with van der Waals surface area (Å²) in [4.78, 5) is 11.2. The van der Waals surface area contributed by atoms with Crippen molar-refractivity contribution in [2.24, 2.45) is 0 Å². The third-order valence-corrected chi connectivity index (χ3v) is 3.51. The van der Waals surface area contributed by atoms with Crippen LogP contribution < -0.4 is 0 Å². The Morgan fingerprint density at radius 1 is 1.09 bits per heavy atom. The van der Waals surface area contributed by atoms with E-state index in [2.05, 4.69) is 10.3 Å². The van der Waals surface area contributed by atoms with Crippen molar-refractivity contribution < 1.29 is 9.18 Å². The highest BCUT2D eigenvalue weighted by molar-refractivity contribution is 6.30. The predicted octanol–water partition coefficient (Wildman–Crippen LogP) is 3.46. The lowest BCUT2D eigenvalue weighted by molar-refractivity contribution is 0.111. The van der Waals surface area contributed by atoms with Gasteiger partial charge in [-0.15, -0.1) is 5.10 Å². The van der Waals surface area contributed by atoms with Gasteiger partial charge >= 0.3 is 0 Å². The van der Waals surface area contributed by atoms with Crippen molar-refractivity contribution in [2.75, 3.05) is 0 Å². The van der Waals surface area contributed by atoms with Gasteiger partial charge in [0, 0.05) is 11.4 Å². The Kier molecular flexibility index (Phi) is 3.98. The normalized spacial score (nSPS) is 10.6. The van der Waals surface area contributed by atoms with Crippen LogP contribution in [0.2, 0.25) is 5.02 Å². The molecule has 0 saturated carbocycles. The Hall–Kier alpha value is -2.53. The van der Waals surface area contributed by atoms with Crippen LogP contribution in [-0.4, -0.2) is 21.3 Å². The van der Waals surface area contributed by atoms with E-state index in [0.29, 0.717) is 23.4 Å². The van der Waals surface area contributed by atoms with Crippen LogP contribution in [0.15, 0.2) is 48.5 Å². The topological polar surface area (TPSA) is 47.8 Å². The summed E-state index contributed by atoms with van der Waals surface area (Å²) in [6, 6.07) is 13.2. The lowest BCUT2D eigenvalue weighted by Gasteiger charge is -2.07. The van der Waals surface area contributed by atoms with Crippen molar-refractivity contribution in [3.63, 3.8) is 0 Å². The van der Waals surface area contributed by atoms with Crippen molar-refractivity contribution in [2.45, 2.75) is 6.42 Å². The molecular formula is C16H11ClFN3O. The van der Waals surface area contributed by atoms with Gasteiger partial charge in [-0.1, -0.05) is 28.9 Å². The number of carbonyl (C=O) groups is 1. The molecule has 0 unspecified atom stereocenters. The average molecular weight is 316 g/mol. The summed E-state index contributed by atoms with van der Waals surface area (Å²) in [7, 11) is 0. The lowest BCUT2D eigenvalue weighted by atomic mass is 10.1. The molecule has 0 atom stereocenters. The maximum atomic E-state index is 13.0. The molecule has 0 aliphatic heterocycles. The fraction of sp³-hybridized carbons (Fsp3) is 0.0625. The second-order valence-electron chi connectivity index (χ2n) is 4.73. The summed E-state index contributed by atoms with van der Waals surface area (Å²) in [6.45, 7) is 0. The van der Waals surface area contributed by atoms with Gasteiger partial charge < -0.3 is 0 Å². The van der Waals surface area contributed by atoms with Crippen LogP contribution in [0.3, 0.4) is 0 Å². The number of hydrogen-bond acceptors (Lipinski definition) is 3. The minimum Gasteiger partial charge on any atom is -0.296 e. The number of benzene rings is 2. The highest BCUT2D eigenvalue weighted by Crippen LogP contribution is 2.18. The summed E-state index contributed by atoms with van der Waals surface area (Å²) >= 11 is 5.88. The quantitative estimate of drug-likeness (QED) is 0.693. The van der Waals surface area contributed by atoms with Crippen molar-refractivity contribution in [1.29, 1.82) is 0 Å². The maximum absolute atomic E-state index is 13.0. The van der Waals surface area contributed by atoms with E-state index in [-0.39, 0.29) is 11.5 Å². The van der Waals surface area contributed by atoms with Gasteiger partial charge in [-0.05, 0) is 42.0 Å². The second kappa shape index (κ2) is 6.07. The molecule has 4 nitrogen and oxygen atoms in total. The smallest absolute Gasteiger partial charge is 0.172 e. The lowest BCUT2D eigenvalue weighted by Crippen LogP contribution is -2.04. The zero-order valence-corrected chi connectivity index (χ0v) is 12.2. The summed E-state index contributed by atoms with van der Waals surface area (Å²) in [5.74, 6) is -0.302. The standard InChI is InChI=1S/C16H11ClFN3O/c17-12-3-7-14(8-4-12)21-16(15(10-22)19-20-21)9-11-1-5-13(18)6-2-11/h1-8,10H,9H2. The SMILES string of the molecule is O=Cc1nnn(-c2ccc(Cl)cc2)c1Cc1ccc(F)cc1. The first-order valence-electron chi connectivity index (χ1n) is 6.57. The van der Waals surface area contributed by atoms with Gasteiger partial charge in [-0.25, -0.2) is 9.07 Å². The molecule has 0 aliphatic carbocycles. The molecular weight excluding hydrogens is 305 g/mol. The molecule has 0 spiro atoms. The molecule has 1 aromatic heterocycles. The van der Waals surface area contributed by atoms with Gasteiger partial charge in [0.2, 0.25) is 0 Å². The molecule has 0 bridgehead atoms. The minimum atomic E-state index is -0.302. The summed E-state index contributed by atoms with van der Waals surface area (Å²) in [6.07, 6.45) is 1.09. The number of rotatable bonds is 4. The van der Waals surface area contributed by atoms with Crippen LogP contribution in [0.25, 0.3) is 5.69 Å². The van der Waals surface area contributed by atoms with Gasteiger partial charge in [-0.2, -0.15) is 0 Å². The van der Waals surface area contributed by atoms with Crippen molar-refractivity contribution in [3.8, 4) is 5.69 Å². The Bertz CT molecular complexity index is 797. The molecule has 1 heterocycles. The third-order valence-electron chi connectivity index (χ3n) is 3.26. The van der Waals surface area contributed by atoms with E-state index in [9.17, 15) is 9.18 Å². The molecule has 0 N–H and O–H groups in total. The number of aldehydes is 1. The number of aromatic nitrogens is 3. The van der Waals surface area contributed by atoms with E-state index < -0.39 is 0 Å². The van der Waals surface area contributed by atoms with E-state index in [4.69, 9.17) is 11.6 Å². The predicted molar refractivity (Wildman–Crippen MR) is 81.0 cm³/mol. The first-order valence-corrected chi connectivity index (χ1v) is 6.95. The zero-order valence-electron chi connectivity index (χ0n) is 11.4. The van der Waals surface area contributed by atoms with Gasteiger partial charge in [0.1, 0.15) is 11.5 Å². The molecule has 0 amide bonds. The zero-order chi connectivity index (χ0) is 15.5. The molecule has 0 aliphatic rings. The first kappa shape index (κ1) is 14.4. The molecule has 2 aromatic carbocycles. The molecule has 6 heteroatoms. The van der Waals surface area contributed by atoms with Crippen LogP contribution in [0, 0.1) is 5.82 Å². The number of carbonyl (C=O) groups excluding carboxylic acids is 1. The largest absolute Gasteiger partial charge is 0.296 e. The minimum absolute atomic E-state index is 0.263. The van der Waals surface area contributed by atoms with Gasteiger partial charge in [0.25, 0.3) is 0 Å². The van der Waals surface area contributed by atoms with E-state index >= 15 is 0 Å². The van der Waals surface area contributed by atoms with Crippen LogP contribution in [0.1, 0.15) is 21.7 Å². The van der Waals surface area contributed by atoms with Gasteiger partial charge in [0.15, 0.2) is 6.29 Å². The average Bonchev–Trinajstić information content (AvgIpc) is 2.93. The van der Waals surface area contributed by atoms with Gasteiger partial charge in [0.05, 0.1) is 11.4 Å². The Labute approximate surface area is 131 Å². The molecule has 22 heavy (non-hydrogen) atoms. The Morgan fingerprint density at radius 2 is 1.77 bits per heavy atom. The van der Waals surface area contributed by atoms with Crippen molar-refractivity contribution in [1.82, 2.24) is 15.0 Å². The van der Waals surface area contributed by atoms with E-state index in [1.807, 2.05) is 0 Å². The van der Waals surface area contributed by atoms with Crippen molar-refractivity contribution in [3.05, 3.63) is 76.3 Å². The first-order chi connectivity index (χ1) is 10.7. The molecule has 0 radical (unpaired) electrons. The highest BCUT2D eigenvalue weighted by Gasteiger charge is 2.14. The molecule has 0 fully saturated rings. The monoisotopic (exact) mass is 315 g/mol. The summed E-state index contributed by atoms with van der Waals surface area (Å²) in [5, 5.41) is 8.51. The summed E-state index contributed by atoms with van der Waals surface area (Å²) < 4.78 is 14.6. The molecule has 3 rings (SSSR count). The highest BCUT2D eigenvalue weighted by atomic mass is 35.5. The fourth-order valence-corrected chi connectivity index (χ4v) is 2.28. The summed E-state index contributed by atoms with van der Waals surface area (Å²) in [5.41, 5.74) is 2.52. The van der Waals surface area contributed by atoms with Crippen LogP contribution in [0.4, 0.5) is 4.39 Å². The second-order valence-corrected chi connectivity index (χ2v) is 5.17. The van der Waals surface area contributed by atoms with Crippen LogP contribution in [0.5, 0.6) is 0 Å². The fourth-order valence-electron chi connectivity index (χ4n) is 2.16. The van der Waals surface area contributed by atoms with E-state index in [0.717, 1.165) is 11.3 Å². The van der Waals surface area contributed by atoms with Gasteiger partial charge in [-0.3, -0.25) is 4.79 Å². The van der Waals surface area contributed by atoms with Crippen LogP contribution in [-0.2, 0) is 6.42 Å². The van der Waals surface area contributed by atoms with Crippen LogP contribution >= 0.6 is 11.6 Å². The van der Waals surface area contributed by atoms with E-state index in [1.165, 1.54) is 12.1 Å².